The molecule has 0 bridgehead atoms. The number of nitrogens with zero attached hydrogens (tertiary/aromatic N) is 2. The molecule has 0 aliphatic carbocycles. The first-order valence-electron chi connectivity index (χ1n) is 6.72. The van der Waals surface area contributed by atoms with Gasteiger partial charge in [0.1, 0.15) is 5.82 Å². The van der Waals surface area contributed by atoms with Crippen molar-refractivity contribution >= 4 is 49.4 Å². The lowest BCUT2D eigenvalue weighted by molar-refractivity contribution is 0.457. The van der Waals surface area contributed by atoms with Crippen LogP contribution in [0.3, 0.4) is 0 Å². The van der Waals surface area contributed by atoms with Crippen molar-refractivity contribution in [3.8, 4) is 0 Å². The summed E-state index contributed by atoms with van der Waals surface area (Å²) in [5.41, 5.74) is 2.09. The molecule has 0 N–H and O–H groups in total. The van der Waals surface area contributed by atoms with Crippen molar-refractivity contribution < 1.29 is 4.21 Å². The van der Waals surface area contributed by atoms with Crippen LogP contribution in [0.4, 0.5) is 0 Å². The molecule has 1 aliphatic rings. The highest BCUT2D eigenvalue weighted by atomic mass is 79.9. The Morgan fingerprint density at radius 3 is 2.80 bits per heavy atom. The minimum absolute atomic E-state index is 0.131. The smallest absolute Gasteiger partial charge is 0.127 e. The number of halogens is 2. The monoisotopic (exact) mass is 374 g/mol. The van der Waals surface area contributed by atoms with Crippen molar-refractivity contribution in [1.29, 1.82) is 0 Å². The van der Waals surface area contributed by atoms with E-state index in [-0.39, 0.29) is 5.38 Å². The van der Waals surface area contributed by atoms with Gasteiger partial charge in [-0.2, -0.15) is 0 Å². The Morgan fingerprint density at radius 2 is 2.15 bits per heavy atom. The minimum Gasteiger partial charge on any atom is -0.324 e. The first-order chi connectivity index (χ1) is 9.56. The third-order valence-electron chi connectivity index (χ3n) is 3.76. The molecule has 0 spiro atoms. The summed E-state index contributed by atoms with van der Waals surface area (Å²) in [6.45, 7) is 1.95. The van der Waals surface area contributed by atoms with E-state index in [0.717, 1.165) is 45.7 Å². The second kappa shape index (κ2) is 5.78. The molecule has 1 atom stereocenters. The van der Waals surface area contributed by atoms with Crippen LogP contribution in [0.5, 0.6) is 0 Å². The average molecular weight is 376 g/mol. The van der Waals surface area contributed by atoms with Gasteiger partial charge in [-0.25, -0.2) is 4.98 Å². The van der Waals surface area contributed by atoms with E-state index in [1.807, 2.05) is 19.1 Å². The molecule has 1 aromatic heterocycles. The maximum Gasteiger partial charge on any atom is 0.127 e. The summed E-state index contributed by atoms with van der Waals surface area (Å²) in [5, 5.41) is -0.131. The minimum atomic E-state index is -0.651. The number of hydrogen-bond acceptors (Lipinski definition) is 2. The third-order valence-corrected chi connectivity index (χ3v) is 5.83. The second-order valence-corrected chi connectivity index (χ2v) is 8.43. The normalized spacial score (nSPS) is 24.9. The molecule has 108 valence electrons. The van der Waals surface area contributed by atoms with E-state index in [0.29, 0.717) is 6.04 Å². The van der Waals surface area contributed by atoms with Gasteiger partial charge in [-0.05, 0) is 38.0 Å². The SMILES string of the molecule is CC(Cl)c1nc2cc(Br)ccc2n1C1CCS(=O)CC1. The highest BCUT2D eigenvalue weighted by Crippen LogP contribution is 2.33. The van der Waals surface area contributed by atoms with Gasteiger partial charge >= 0.3 is 0 Å². The van der Waals surface area contributed by atoms with Crippen LogP contribution in [0.15, 0.2) is 22.7 Å². The van der Waals surface area contributed by atoms with Crippen LogP contribution in [-0.4, -0.2) is 25.3 Å². The summed E-state index contributed by atoms with van der Waals surface area (Å²) in [4.78, 5) is 4.69. The van der Waals surface area contributed by atoms with Crippen molar-refractivity contribution in [3.05, 3.63) is 28.5 Å². The maximum atomic E-state index is 11.6. The highest BCUT2D eigenvalue weighted by molar-refractivity contribution is 9.10. The molecular weight excluding hydrogens is 360 g/mol. The van der Waals surface area contributed by atoms with E-state index in [1.54, 1.807) is 0 Å². The number of benzene rings is 1. The van der Waals surface area contributed by atoms with Crippen LogP contribution in [-0.2, 0) is 10.8 Å². The van der Waals surface area contributed by atoms with Crippen LogP contribution >= 0.6 is 27.5 Å². The van der Waals surface area contributed by atoms with E-state index >= 15 is 0 Å². The Bertz CT molecular complexity index is 660. The van der Waals surface area contributed by atoms with Gasteiger partial charge in [-0.15, -0.1) is 11.6 Å². The first-order valence-corrected chi connectivity index (χ1v) is 9.44. The molecule has 1 fully saturated rings. The lowest BCUT2D eigenvalue weighted by atomic mass is 10.1. The van der Waals surface area contributed by atoms with Crippen molar-refractivity contribution in [2.45, 2.75) is 31.2 Å². The van der Waals surface area contributed by atoms with Crippen molar-refractivity contribution in [3.63, 3.8) is 0 Å². The molecular formula is C14H16BrClN2OS. The van der Waals surface area contributed by atoms with Crippen LogP contribution in [0.2, 0.25) is 0 Å². The summed E-state index contributed by atoms with van der Waals surface area (Å²) in [6, 6.07) is 6.50. The summed E-state index contributed by atoms with van der Waals surface area (Å²) < 4.78 is 14.8. The first kappa shape index (κ1) is 14.5. The zero-order valence-electron chi connectivity index (χ0n) is 11.2. The zero-order chi connectivity index (χ0) is 14.3. The molecule has 0 saturated carbocycles. The van der Waals surface area contributed by atoms with Gasteiger partial charge in [0.15, 0.2) is 0 Å². The Kier molecular flexibility index (Phi) is 4.20. The molecule has 2 heterocycles. The Hall–Kier alpha value is -0.390. The molecule has 20 heavy (non-hydrogen) atoms. The van der Waals surface area contributed by atoms with Crippen LogP contribution in [0.25, 0.3) is 11.0 Å². The molecule has 3 nitrogen and oxygen atoms in total. The number of hydrogen-bond donors (Lipinski definition) is 0. The molecule has 0 radical (unpaired) electrons. The lowest BCUT2D eigenvalue weighted by Gasteiger charge is -2.25. The Balaban J connectivity index is 2.11. The summed E-state index contributed by atoms with van der Waals surface area (Å²) in [6.07, 6.45) is 1.87. The second-order valence-electron chi connectivity index (χ2n) is 5.17. The number of aromatic nitrogens is 2. The molecule has 1 unspecified atom stereocenters. The fourth-order valence-electron chi connectivity index (χ4n) is 2.79. The molecule has 3 rings (SSSR count). The average Bonchev–Trinajstić information content (AvgIpc) is 2.78. The highest BCUT2D eigenvalue weighted by Gasteiger charge is 2.25. The van der Waals surface area contributed by atoms with Gasteiger partial charge < -0.3 is 4.57 Å². The standard InChI is InChI=1S/C14H16BrClN2OS/c1-9(16)14-17-12-8-10(15)2-3-13(12)18(14)11-4-6-20(19)7-5-11/h2-3,8-9,11H,4-7H2,1H3. The van der Waals surface area contributed by atoms with E-state index < -0.39 is 10.8 Å². The van der Waals surface area contributed by atoms with Gasteiger partial charge in [0, 0.05) is 32.8 Å². The predicted octanol–water partition coefficient (Wildman–Crippen LogP) is 4.18. The topological polar surface area (TPSA) is 34.9 Å². The summed E-state index contributed by atoms with van der Waals surface area (Å²) >= 11 is 9.80. The third kappa shape index (κ3) is 2.68. The largest absolute Gasteiger partial charge is 0.324 e. The molecule has 6 heteroatoms. The van der Waals surface area contributed by atoms with Crippen LogP contribution < -0.4 is 0 Å². The Morgan fingerprint density at radius 1 is 1.45 bits per heavy atom. The van der Waals surface area contributed by atoms with Gasteiger partial charge in [-0.1, -0.05) is 15.9 Å². The van der Waals surface area contributed by atoms with E-state index in [9.17, 15) is 4.21 Å². The van der Waals surface area contributed by atoms with Gasteiger partial charge in [-0.3, -0.25) is 4.21 Å². The fourth-order valence-corrected chi connectivity index (χ4v) is 4.57. The van der Waals surface area contributed by atoms with Crippen molar-refractivity contribution in [2.75, 3.05) is 11.5 Å². The van der Waals surface area contributed by atoms with Gasteiger partial charge in [0.05, 0.1) is 16.4 Å². The van der Waals surface area contributed by atoms with E-state index in [2.05, 4.69) is 26.6 Å². The summed E-state index contributed by atoms with van der Waals surface area (Å²) in [5.74, 6) is 2.46. The quantitative estimate of drug-likeness (QED) is 0.738. The van der Waals surface area contributed by atoms with Crippen molar-refractivity contribution in [1.82, 2.24) is 9.55 Å². The number of alkyl halides is 1. The molecule has 2 aromatic rings. The number of rotatable bonds is 2. The zero-order valence-corrected chi connectivity index (χ0v) is 14.3. The molecule has 1 aromatic carbocycles. The molecule has 1 saturated heterocycles. The van der Waals surface area contributed by atoms with Crippen molar-refractivity contribution in [2.24, 2.45) is 0 Å². The predicted molar refractivity (Wildman–Crippen MR) is 87.8 cm³/mol. The van der Waals surface area contributed by atoms with Crippen LogP contribution in [0.1, 0.15) is 37.0 Å². The van der Waals surface area contributed by atoms with Gasteiger partial charge in [0.25, 0.3) is 0 Å². The molecule has 1 aliphatic heterocycles. The lowest BCUT2D eigenvalue weighted by Crippen LogP contribution is -2.23. The Labute approximate surface area is 134 Å². The van der Waals surface area contributed by atoms with E-state index in [4.69, 9.17) is 16.6 Å². The summed E-state index contributed by atoms with van der Waals surface area (Å²) in [7, 11) is -0.651. The maximum absolute atomic E-state index is 11.6. The van der Waals surface area contributed by atoms with Crippen LogP contribution in [0, 0.1) is 0 Å². The van der Waals surface area contributed by atoms with Gasteiger partial charge in [0.2, 0.25) is 0 Å². The number of fused-ring (bicyclic) bond motifs is 1. The number of imidazole rings is 1. The van der Waals surface area contributed by atoms with E-state index in [1.165, 1.54) is 0 Å². The fraction of sp³-hybridized carbons (Fsp3) is 0.500. The molecule has 0 amide bonds.